The first-order valence-corrected chi connectivity index (χ1v) is 12.0. The van der Waals surface area contributed by atoms with Gasteiger partial charge in [0.15, 0.2) is 11.0 Å². The summed E-state index contributed by atoms with van der Waals surface area (Å²) >= 11 is 1.16. The molecule has 0 aliphatic rings. The Labute approximate surface area is 188 Å². The average molecular weight is 474 g/mol. The summed E-state index contributed by atoms with van der Waals surface area (Å²) in [5.74, 6) is -0.233. The van der Waals surface area contributed by atoms with Gasteiger partial charge >= 0.3 is 10.1 Å². The minimum absolute atomic E-state index is 0.151. The highest BCUT2D eigenvalue weighted by Gasteiger charge is 2.19. The van der Waals surface area contributed by atoms with Crippen molar-refractivity contribution in [3.05, 3.63) is 90.5 Å². The highest BCUT2D eigenvalue weighted by Crippen LogP contribution is 2.28. The first-order chi connectivity index (χ1) is 15.4. The fourth-order valence-corrected chi connectivity index (χ4v) is 5.11. The van der Waals surface area contributed by atoms with Crippen LogP contribution in [0.1, 0.15) is 0 Å². The van der Waals surface area contributed by atoms with Gasteiger partial charge in [-0.25, -0.2) is 8.78 Å². The van der Waals surface area contributed by atoms with Crippen LogP contribution in [0.2, 0.25) is 0 Å². The van der Waals surface area contributed by atoms with E-state index in [9.17, 15) is 17.2 Å². The molecular weight excluding hydrogens is 456 g/mol. The summed E-state index contributed by atoms with van der Waals surface area (Å²) in [5.41, 5.74) is 1.19. The van der Waals surface area contributed by atoms with Crippen molar-refractivity contribution in [2.75, 3.05) is 11.5 Å². The third kappa shape index (κ3) is 5.32. The Balaban J connectivity index is 1.57. The van der Waals surface area contributed by atoms with Crippen molar-refractivity contribution in [3.63, 3.8) is 0 Å². The predicted molar refractivity (Wildman–Crippen MR) is 118 cm³/mol. The molecule has 3 aromatic carbocycles. The molecule has 164 valence electrons. The molecule has 1 aromatic heterocycles. The maximum atomic E-state index is 13.4. The van der Waals surface area contributed by atoms with Crippen LogP contribution in [-0.4, -0.2) is 34.7 Å². The van der Waals surface area contributed by atoms with Gasteiger partial charge in [-0.05, 0) is 60.7 Å². The normalized spacial score (nSPS) is 11.4. The fraction of sp³-hybridized carbons (Fsp3) is 0.0909. The molecule has 0 radical (unpaired) electrons. The summed E-state index contributed by atoms with van der Waals surface area (Å²) in [6.45, 7) is 0. The summed E-state index contributed by atoms with van der Waals surface area (Å²) in [6, 6.07) is 19.7. The van der Waals surface area contributed by atoms with Crippen LogP contribution in [-0.2, 0) is 10.1 Å². The van der Waals surface area contributed by atoms with Crippen molar-refractivity contribution in [2.24, 2.45) is 0 Å². The van der Waals surface area contributed by atoms with Crippen LogP contribution in [0.5, 0.6) is 5.75 Å². The maximum absolute atomic E-state index is 13.4. The summed E-state index contributed by atoms with van der Waals surface area (Å²) in [5, 5.41) is 8.77. The van der Waals surface area contributed by atoms with Gasteiger partial charge in [0, 0.05) is 17.0 Å². The largest absolute Gasteiger partial charge is 0.382 e. The maximum Gasteiger partial charge on any atom is 0.310 e. The molecule has 10 heteroatoms. The van der Waals surface area contributed by atoms with E-state index < -0.39 is 15.9 Å². The summed E-state index contributed by atoms with van der Waals surface area (Å²) in [7, 11) is -3.81. The Morgan fingerprint density at radius 1 is 0.844 bits per heavy atom. The predicted octanol–water partition coefficient (Wildman–Crippen LogP) is 4.71. The minimum Gasteiger partial charge on any atom is -0.382 e. The molecule has 4 rings (SSSR count). The van der Waals surface area contributed by atoms with Gasteiger partial charge in [0.25, 0.3) is 0 Å². The smallest absolute Gasteiger partial charge is 0.310 e. The van der Waals surface area contributed by atoms with Gasteiger partial charge in [-0.15, -0.1) is 10.2 Å². The number of hydrogen-bond donors (Lipinski definition) is 0. The molecule has 0 amide bonds. The summed E-state index contributed by atoms with van der Waals surface area (Å²) < 4.78 is 58.1. The Hall–Kier alpha value is -3.24. The number of benzene rings is 3. The van der Waals surface area contributed by atoms with E-state index in [1.54, 1.807) is 59.2 Å². The minimum atomic E-state index is -3.81. The number of aromatic nitrogens is 3. The lowest BCUT2D eigenvalue weighted by atomic mass is 10.2. The van der Waals surface area contributed by atoms with Crippen LogP contribution in [0.4, 0.5) is 8.78 Å². The van der Waals surface area contributed by atoms with E-state index in [4.69, 9.17) is 4.18 Å². The zero-order chi connectivity index (χ0) is 22.6. The fourth-order valence-electron chi connectivity index (χ4n) is 2.87. The lowest BCUT2D eigenvalue weighted by molar-refractivity contribution is 0.488. The SMILES string of the molecule is O=S(=O)(CCSc1nnc(-c2ccc(F)cc2)n1-c1ccc(F)cc1)Oc1ccccc1. The second kappa shape index (κ2) is 9.49. The summed E-state index contributed by atoms with van der Waals surface area (Å²) in [4.78, 5) is 0. The highest BCUT2D eigenvalue weighted by atomic mass is 32.2. The van der Waals surface area contributed by atoms with Gasteiger partial charge in [-0.1, -0.05) is 30.0 Å². The number of thioether (sulfide) groups is 1. The Bertz CT molecular complexity index is 1290. The third-order valence-corrected chi connectivity index (χ3v) is 6.69. The quantitative estimate of drug-likeness (QED) is 0.273. The van der Waals surface area contributed by atoms with Gasteiger partial charge in [0.1, 0.15) is 17.4 Å². The number of nitrogens with zero attached hydrogens (tertiary/aromatic N) is 3. The molecule has 0 saturated heterocycles. The first-order valence-electron chi connectivity index (χ1n) is 9.49. The lowest BCUT2D eigenvalue weighted by Crippen LogP contribution is -2.15. The molecule has 32 heavy (non-hydrogen) atoms. The second-order valence-corrected chi connectivity index (χ2v) is 9.38. The zero-order valence-electron chi connectivity index (χ0n) is 16.6. The van der Waals surface area contributed by atoms with E-state index in [0.29, 0.717) is 22.2 Å². The molecule has 0 aliphatic carbocycles. The first kappa shape index (κ1) is 22.0. The van der Waals surface area contributed by atoms with Crippen LogP contribution in [0.3, 0.4) is 0 Å². The standard InChI is InChI=1S/C22H17F2N3O3S2/c23-17-8-6-16(7-9-17)21-25-26-22(27(21)19-12-10-18(24)11-13-19)31-14-15-32(28,29)30-20-4-2-1-3-5-20/h1-13H,14-15H2. The van der Waals surface area contributed by atoms with E-state index in [0.717, 1.165) is 11.8 Å². The molecule has 1 heterocycles. The number of halogens is 2. The van der Waals surface area contributed by atoms with E-state index in [-0.39, 0.29) is 23.1 Å². The van der Waals surface area contributed by atoms with Crippen LogP contribution in [0.15, 0.2) is 84.0 Å². The molecule has 6 nitrogen and oxygen atoms in total. The third-order valence-electron chi connectivity index (χ3n) is 4.35. The van der Waals surface area contributed by atoms with Crippen molar-refractivity contribution < 1.29 is 21.4 Å². The monoisotopic (exact) mass is 473 g/mol. The molecule has 0 saturated carbocycles. The molecule has 0 fully saturated rings. The van der Waals surface area contributed by atoms with E-state index >= 15 is 0 Å². The van der Waals surface area contributed by atoms with Crippen LogP contribution in [0.25, 0.3) is 17.1 Å². The molecule has 4 aromatic rings. The molecule has 0 unspecified atom stereocenters. The molecule has 0 bridgehead atoms. The van der Waals surface area contributed by atoms with E-state index in [1.165, 1.54) is 24.3 Å². The van der Waals surface area contributed by atoms with Crippen LogP contribution >= 0.6 is 11.8 Å². The van der Waals surface area contributed by atoms with Crippen molar-refractivity contribution in [1.82, 2.24) is 14.8 Å². The van der Waals surface area contributed by atoms with Crippen molar-refractivity contribution in [1.29, 1.82) is 0 Å². The average Bonchev–Trinajstić information content (AvgIpc) is 3.19. The Morgan fingerprint density at radius 3 is 2.12 bits per heavy atom. The van der Waals surface area contributed by atoms with Gasteiger partial charge in [-0.2, -0.15) is 8.42 Å². The number of rotatable bonds is 8. The van der Waals surface area contributed by atoms with E-state index in [1.807, 2.05) is 0 Å². The van der Waals surface area contributed by atoms with E-state index in [2.05, 4.69) is 10.2 Å². The van der Waals surface area contributed by atoms with Crippen LogP contribution < -0.4 is 4.18 Å². The van der Waals surface area contributed by atoms with Gasteiger partial charge < -0.3 is 4.18 Å². The molecule has 0 N–H and O–H groups in total. The van der Waals surface area contributed by atoms with Crippen molar-refractivity contribution in [2.45, 2.75) is 5.16 Å². The Kier molecular flexibility index (Phi) is 6.52. The van der Waals surface area contributed by atoms with Crippen molar-refractivity contribution in [3.8, 4) is 22.8 Å². The van der Waals surface area contributed by atoms with Gasteiger partial charge in [0.2, 0.25) is 0 Å². The molecular formula is C22H17F2N3O3S2. The summed E-state index contributed by atoms with van der Waals surface area (Å²) in [6.07, 6.45) is 0. The zero-order valence-corrected chi connectivity index (χ0v) is 18.2. The highest BCUT2D eigenvalue weighted by molar-refractivity contribution is 8.00. The Morgan fingerprint density at radius 2 is 1.47 bits per heavy atom. The molecule has 0 spiro atoms. The van der Waals surface area contributed by atoms with Crippen molar-refractivity contribution >= 4 is 21.9 Å². The van der Waals surface area contributed by atoms with Gasteiger partial charge in [-0.3, -0.25) is 4.57 Å². The second-order valence-electron chi connectivity index (χ2n) is 6.63. The number of para-hydroxylation sites is 1. The molecule has 0 aliphatic heterocycles. The molecule has 0 atom stereocenters. The number of hydrogen-bond acceptors (Lipinski definition) is 6. The lowest BCUT2D eigenvalue weighted by Gasteiger charge is -2.11. The topological polar surface area (TPSA) is 74.1 Å². The van der Waals surface area contributed by atoms with Crippen LogP contribution in [0, 0.1) is 11.6 Å². The van der Waals surface area contributed by atoms with Gasteiger partial charge in [0.05, 0.1) is 5.75 Å².